The Bertz CT molecular complexity index is 1110. The lowest BCUT2D eigenvalue weighted by Crippen LogP contribution is -2.48. The van der Waals surface area contributed by atoms with Crippen LogP contribution in [0.3, 0.4) is 0 Å². The first-order valence-electron chi connectivity index (χ1n) is 10.1. The van der Waals surface area contributed by atoms with Crippen molar-refractivity contribution in [1.82, 2.24) is 14.5 Å². The fraction of sp³-hybridized carbons (Fsp3) is 0.348. The monoisotopic (exact) mass is 391 g/mol. The summed E-state index contributed by atoms with van der Waals surface area (Å²) in [5.74, 6) is 0.107. The van der Waals surface area contributed by atoms with E-state index in [2.05, 4.69) is 4.98 Å². The minimum absolute atomic E-state index is 0.0187. The van der Waals surface area contributed by atoms with Crippen molar-refractivity contribution in [2.24, 2.45) is 0 Å². The molecule has 2 fully saturated rings. The molecule has 29 heavy (non-hydrogen) atoms. The van der Waals surface area contributed by atoms with Crippen molar-refractivity contribution in [3.05, 3.63) is 76.6 Å². The molecular weight excluding hydrogens is 369 g/mol. The number of fused-ring (bicyclic) bond motifs is 3. The van der Waals surface area contributed by atoms with Gasteiger partial charge in [-0.3, -0.25) is 14.2 Å². The molecule has 0 spiro atoms. The number of aromatic nitrogens is 2. The van der Waals surface area contributed by atoms with Crippen LogP contribution in [0.15, 0.2) is 59.7 Å². The molecule has 0 N–H and O–H groups in total. The maximum atomic E-state index is 13.2. The van der Waals surface area contributed by atoms with Gasteiger partial charge in [0.25, 0.3) is 5.56 Å². The lowest BCUT2D eigenvalue weighted by Gasteiger charge is -2.39. The lowest BCUT2D eigenvalue weighted by molar-refractivity contribution is -0.136. The molecule has 2 unspecified atom stereocenters. The van der Waals surface area contributed by atoms with Crippen molar-refractivity contribution in [2.45, 2.75) is 50.2 Å². The first-order chi connectivity index (χ1) is 14.1. The largest absolute Gasteiger partial charge is 0.335 e. The highest BCUT2D eigenvalue weighted by Gasteiger charge is 2.43. The summed E-state index contributed by atoms with van der Waals surface area (Å²) < 4.78 is 14.7. The zero-order chi connectivity index (χ0) is 20.0. The minimum atomic E-state index is -0.223. The van der Waals surface area contributed by atoms with Gasteiger partial charge in [0.1, 0.15) is 12.4 Å². The molecule has 2 aliphatic rings. The van der Waals surface area contributed by atoms with E-state index < -0.39 is 0 Å². The topological polar surface area (TPSA) is 55.2 Å². The highest BCUT2D eigenvalue weighted by atomic mass is 19.1. The van der Waals surface area contributed by atoms with Gasteiger partial charge in [0, 0.05) is 12.1 Å². The zero-order valence-electron chi connectivity index (χ0n) is 16.0. The van der Waals surface area contributed by atoms with Gasteiger partial charge < -0.3 is 4.90 Å². The van der Waals surface area contributed by atoms with Crippen LogP contribution in [0, 0.1) is 5.82 Å². The number of benzene rings is 2. The molecule has 2 aliphatic heterocycles. The van der Waals surface area contributed by atoms with Crippen LogP contribution in [-0.4, -0.2) is 32.4 Å². The van der Waals surface area contributed by atoms with Crippen LogP contribution in [0.1, 0.15) is 37.2 Å². The molecule has 3 heterocycles. The van der Waals surface area contributed by atoms with Gasteiger partial charge in [-0.05, 0) is 61.4 Å². The number of hydrogen-bond donors (Lipinski definition) is 0. The number of hydrogen-bond acceptors (Lipinski definition) is 3. The van der Waals surface area contributed by atoms with E-state index in [0.717, 1.165) is 31.2 Å². The summed E-state index contributed by atoms with van der Waals surface area (Å²) in [7, 11) is 0. The Morgan fingerprint density at radius 1 is 1.03 bits per heavy atom. The Morgan fingerprint density at radius 3 is 2.45 bits per heavy atom. The fourth-order valence-corrected chi connectivity index (χ4v) is 5.04. The van der Waals surface area contributed by atoms with Crippen molar-refractivity contribution in [2.75, 3.05) is 0 Å². The second kappa shape index (κ2) is 7.10. The van der Waals surface area contributed by atoms with E-state index in [1.54, 1.807) is 18.2 Å². The van der Waals surface area contributed by atoms with Gasteiger partial charge in [0.05, 0.1) is 17.2 Å². The van der Waals surface area contributed by atoms with E-state index >= 15 is 0 Å². The molecule has 2 atom stereocenters. The first kappa shape index (κ1) is 18.0. The summed E-state index contributed by atoms with van der Waals surface area (Å²) in [6.07, 6.45) is 5.21. The van der Waals surface area contributed by atoms with E-state index in [1.807, 2.05) is 23.1 Å². The first-order valence-corrected chi connectivity index (χ1v) is 10.1. The van der Waals surface area contributed by atoms with E-state index in [4.69, 9.17) is 0 Å². The smallest absolute Gasteiger partial charge is 0.261 e. The average molecular weight is 391 g/mol. The van der Waals surface area contributed by atoms with Gasteiger partial charge in [-0.1, -0.05) is 24.3 Å². The van der Waals surface area contributed by atoms with Crippen molar-refractivity contribution in [3.63, 3.8) is 0 Å². The Morgan fingerprint density at radius 2 is 1.72 bits per heavy atom. The molecule has 1 aromatic heterocycles. The van der Waals surface area contributed by atoms with Crippen molar-refractivity contribution < 1.29 is 9.18 Å². The number of carbonyl (C=O) groups excluding carboxylic acids is 1. The molecule has 1 amide bonds. The Labute approximate surface area is 167 Å². The highest BCUT2D eigenvalue weighted by Crippen LogP contribution is 2.43. The summed E-state index contributed by atoms with van der Waals surface area (Å²) in [5.41, 5.74) is 1.60. The van der Waals surface area contributed by atoms with Gasteiger partial charge in [-0.15, -0.1) is 0 Å². The molecule has 0 radical (unpaired) electrons. The zero-order valence-corrected chi connectivity index (χ0v) is 16.0. The van der Waals surface area contributed by atoms with Crippen LogP contribution in [0.5, 0.6) is 0 Å². The standard InChI is InChI=1S/C23H22FN3O2/c24-17-7-5-15(6-8-17)16-11-18-9-10-19(12-16)27(18)22(28)13-26-14-25-21-4-2-1-3-20(21)23(26)29/h1-8,14,16,18-19H,9-13H2. The molecule has 5 nitrogen and oxygen atoms in total. The van der Waals surface area contributed by atoms with Gasteiger partial charge in [0.2, 0.25) is 5.91 Å². The number of halogens is 1. The summed E-state index contributed by atoms with van der Waals surface area (Å²) in [5, 5.41) is 0.529. The molecule has 0 aliphatic carbocycles. The van der Waals surface area contributed by atoms with Gasteiger partial charge in [-0.25, -0.2) is 9.37 Å². The second-order valence-electron chi connectivity index (χ2n) is 8.10. The molecule has 2 bridgehead atoms. The Balaban J connectivity index is 1.35. The quantitative estimate of drug-likeness (QED) is 0.687. The lowest BCUT2D eigenvalue weighted by atomic mass is 9.85. The highest BCUT2D eigenvalue weighted by molar-refractivity contribution is 5.79. The van der Waals surface area contributed by atoms with Crippen LogP contribution >= 0.6 is 0 Å². The number of rotatable bonds is 3. The third kappa shape index (κ3) is 3.22. The second-order valence-corrected chi connectivity index (χ2v) is 8.10. The molecule has 6 heteroatoms. The summed E-state index contributed by atoms with van der Waals surface area (Å²) in [6, 6.07) is 14.3. The van der Waals surface area contributed by atoms with Crippen molar-refractivity contribution >= 4 is 16.8 Å². The van der Waals surface area contributed by atoms with E-state index in [9.17, 15) is 14.0 Å². The molecule has 2 saturated heterocycles. The van der Waals surface area contributed by atoms with Crippen LogP contribution in [-0.2, 0) is 11.3 Å². The van der Waals surface area contributed by atoms with E-state index in [0.29, 0.717) is 16.8 Å². The molecule has 148 valence electrons. The normalized spacial score (nSPS) is 23.5. The predicted octanol–water partition coefficient (Wildman–Crippen LogP) is 3.47. The van der Waals surface area contributed by atoms with Gasteiger partial charge in [-0.2, -0.15) is 0 Å². The minimum Gasteiger partial charge on any atom is -0.335 e. The van der Waals surface area contributed by atoms with Crippen molar-refractivity contribution in [1.29, 1.82) is 0 Å². The Hall–Kier alpha value is -3.02. The number of amides is 1. The van der Waals surface area contributed by atoms with E-state index in [1.165, 1.54) is 23.0 Å². The summed E-state index contributed by atoms with van der Waals surface area (Å²) >= 11 is 0. The van der Waals surface area contributed by atoms with Gasteiger partial charge >= 0.3 is 0 Å². The van der Waals surface area contributed by atoms with Crippen LogP contribution in [0.25, 0.3) is 10.9 Å². The third-order valence-corrected chi connectivity index (χ3v) is 6.40. The number of carbonyl (C=O) groups is 1. The molecule has 2 aromatic carbocycles. The maximum Gasteiger partial charge on any atom is 0.261 e. The molecule has 5 rings (SSSR count). The third-order valence-electron chi connectivity index (χ3n) is 6.40. The average Bonchev–Trinajstić information content (AvgIpc) is 3.00. The predicted molar refractivity (Wildman–Crippen MR) is 108 cm³/mol. The molecule has 3 aromatic rings. The number of nitrogens with zero attached hydrogens (tertiary/aromatic N) is 3. The summed E-state index contributed by atoms with van der Waals surface area (Å²) in [4.78, 5) is 32.1. The maximum absolute atomic E-state index is 13.2. The molecule has 0 saturated carbocycles. The number of piperidine rings is 1. The van der Waals surface area contributed by atoms with E-state index in [-0.39, 0.29) is 35.9 Å². The Kier molecular flexibility index (Phi) is 4.42. The van der Waals surface area contributed by atoms with Gasteiger partial charge in [0.15, 0.2) is 0 Å². The summed E-state index contributed by atoms with van der Waals surface area (Å²) in [6.45, 7) is 0.0187. The fourth-order valence-electron chi connectivity index (χ4n) is 5.04. The molecular formula is C23H22FN3O2. The van der Waals surface area contributed by atoms with Crippen LogP contribution in [0.4, 0.5) is 4.39 Å². The van der Waals surface area contributed by atoms with Crippen LogP contribution in [0.2, 0.25) is 0 Å². The SMILES string of the molecule is O=C(Cn1cnc2ccccc2c1=O)N1C2CCC1CC(c1ccc(F)cc1)C2. The number of para-hydroxylation sites is 1. The van der Waals surface area contributed by atoms with Crippen molar-refractivity contribution in [3.8, 4) is 0 Å². The van der Waals surface area contributed by atoms with Crippen LogP contribution < -0.4 is 5.56 Å².